The standard InChI is InChI=1S/C22H28N4O3/c27-21(20-4-2-1-3-5-20)23-10-11-24-22(28)25-16-18-6-8-19(9-7-18)17-26-12-14-29-15-13-26/h1-9H,10-17H2,(H,23,27)(H2,24,25,28). The summed E-state index contributed by atoms with van der Waals surface area (Å²) < 4.78 is 5.37. The first-order valence-corrected chi connectivity index (χ1v) is 9.93. The predicted molar refractivity (Wildman–Crippen MR) is 112 cm³/mol. The van der Waals surface area contributed by atoms with Crippen LogP contribution in [0.5, 0.6) is 0 Å². The van der Waals surface area contributed by atoms with Gasteiger partial charge in [0.05, 0.1) is 13.2 Å². The maximum Gasteiger partial charge on any atom is 0.315 e. The molecule has 0 saturated carbocycles. The molecule has 1 fully saturated rings. The van der Waals surface area contributed by atoms with Gasteiger partial charge in [0.25, 0.3) is 5.91 Å². The van der Waals surface area contributed by atoms with Crippen LogP contribution in [0.2, 0.25) is 0 Å². The molecule has 0 aromatic heterocycles. The van der Waals surface area contributed by atoms with Crippen molar-refractivity contribution in [1.29, 1.82) is 0 Å². The van der Waals surface area contributed by atoms with Crippen LogP contribution in [0, 0.1) is 0 Å². The van der Waals surface area contributed by atoms with Gasteiger partial charge in [0.2, 0.25) is 0 Å². The van der Waals surface area contributed by atoms with E-state index < -0.39 is 0 Å². The first-order valence-electron chi connectivity index (χ1n) is 9.93. The molecule has 0 radical (unpaired) electrons. The zero-order valence-corrected chi connectivity index (χ0v) is 16.5. The molecule has 2 aromatic rings. The second kappa shape index (κ2) is 11.2. The van der Waals surface area contributed by atoms with Gasteiger partial charge in [0.15, 0.2) is 0 Å². The number of morpholine rings is 1. The van der Waals surface area contributed by atoms with Crippen LogP contribution >= 0.6 is 0 Å². The fourth-order valence-electron chi connectivity index (χ4n) is 3.07. The summed E-state index contributed by atoms with van der Waals surface area (Å²) in [7, 11) is 0. The number of hydrogen-bond acceptors (Lipinski definition) is 4. The summed E-state index contributed by atoms with van der Waals surface area (Å²) in [6, 6.07) is 17.0. The van der Waals surface area contributed by atoms with Crippen LogP contribution in [0.3, 0.4) is 0 Å². The van der Waals surface area contributed by atoms with Gasteiger partial charge in [0.1, 0.15) is 0 Å². The minimum atomic E-state index is -0.253. The van der Waals surface area contributed by atoms with Crippen molar-refractivity contribution in [2.24, 2.45) is 0 Å². The fourth-order valence-corrected chi connectivity index (χ4v) is 3.07. The van der Waals surface area contributed by atoms with Crippen LogP contribution in [-0.2, 0) is 17.8 Å². The van der Waals surface area contributed by atoms with Crippen LogP contribution in [0.15, 0.2) is 54.6 Å². The van der Waals surface area contributed by atoms with E-state index in [1.54, 1.807) is 12.1 Å². The fraction of sp³-hybridized carbons (Fsp3) is 0.364. The number of hydrogen-bond donors (Lipinski definition) is 3. The van der Waals surface area contributed by atoms with Crippen LogP contribution in [0.4, 0.5) is 4.79 Å². The Labute approximate surface area is 171 Å². The molecule has 0 atom stereocenters. The van der Waals surface area contributed by atoms with E-state index in [2.05, 4.69) is 33.0 Å². The number of ether oxygens (including phenoxy) is 1. The molecule has 1 heterocycles. The Hall–Kier alpha value is -2.90. The van der Waals surface area contributed by atoms with Crippen molar-refractivity contribution in [3.05, 3.63) is 71.3 Å². The summed E-state index contributed by atoms with van der Waals surface area (Å²) in [6.07, 6.45) is 0. The van der Waals surface area contributed by atoms with E-state index in [1.165, 1.54) is 5.56 Å². The Balaban J connectivity index is 1.30. The summed E-state index contributed by atoms with van der Waals surface area (Å²) in [5.41, 5.74) is 2.91. The molecule has 1 aliphatic heterocycles. The number of carbonyl (C=O) groups excluding carboxylic acids is 2. The van der Waals surface area contributed by atoms with Crippen molar-refractivity contribution in [3.8, 4) is 0 Å². The molecule has 7 nitrogen and oxygen atoms in total. The summed E-state index contributed by atoms with van der Waals surface area (Å²) >= 11 is 0. The van der Waals surface area contributed by atoms with E-state index >= 15 is 0 Å². The van der Waals surface area contributed by atoms with Gasteiger partial charge in [-0.25, -0.2) is 4.79 Å². The summed E-state index contributed by atoms with van der Waals surface area (Å²) in [6.45, 7) is 5.65. The number of nitrogens with one attached hydrogen (secondary N) is 3. The monoisotopic (exact) mass is 396 g/mol. The number of rotatable bonds is 8. The van der Waals surface area contributed by atoms with E-state index in [9.17, 15) is 9.59 Å². The quantitative estimate of drug-likeness (QED) is 0.594. The topological polar surface area (TPSA) is 82.7 Å². The molecule has 3 rings (SSSR count). The highest BCUT2D eigenvalue weighted by atomic mass is 16.5. The zero-order valence-electron chi connectivity index (χ0n) is 16.5. The first kappa shape index (κ1) is 20.8. The van der Waals surface area contributed by atoms with Gasteiger partial charge in [-0.1, -0.05) is 42.5 Å². The van der Waals surface area contributed by atoms with E-state index in [0.717, 1.165) is 38.4 Å². The third-order valence-corrected chi connectivity index (χ3v) is 4.72. The molecule has 3 amide bonds. The number of carbonyl (C=O) groups is 2. The molecular formula is C22H28N4O3. The highest BCUT2D eigenvalue weighted by Gasteiger charge is 2.10. The Morgan fingerprint density at radius 3 is 2.21 bits per heavy atom. The number of benzene rings is 2. The summed E-state index contributed by atoms with van der Waals surface area (Å²) in [5.74, 6) is -0.148. The van der Waals surface area contributed by atoms with Crippen molar-refractivity contribution < 1.29 is 14.3 Å². The highest BCUT2D eigenvalue weighted by molar-refractivity contribution is 5.94. The van der Waals surface area contributed by atoms with Crippen molar-refractivity contribution in [2.75, 3.05) is 39.4 Å². The van der Waals surface area contributed by atoms with Crippen LogP contribution < -0.4 is 16.0 Å². The van der Waals surface area contributed by atoms with E-state index in [-0.39, 0.29) is 11.9 Å². The van der Waals surface area contributed by atoms with E-state index in [4.69, 9.17) is 4.74 Å². The maximum atomic E-state index is 11.9. The normalized spacial score (nSPS) is 14.2. The smallest absolute Gasteiger partial charge is 0.315 e. The third-order valence-electron chi connectivity index (χ3n) is 4.72. The largest absolute Gasteiger partial charge is 0.379 e. The van der Waals surface area contributed by atoms with Crippen molar-refractivity contribution in [1.82, 2.24) is 20.9 Å². The minimum absolute atomic E-state index is 0.148. The number of urea groups is 1. The molecule has 154 valence electrons. The molecule has 3 N–H and O–H groups in total. The molecule has 7 heteroatoms. The van der Waals surface area contributed by atoms with Crippen LogP contribution in [-0.4, -0.2) is 56.2 Å². The van der Waals surface area contributed by atoms with Crippen LogP contribution in [0.25, 0.3) is 0 Å². The Bertz CT molecular complexity index is 774. The Kier molecular flexibility index (Phi) is 8.03. The van der Waals surface area contributed by atoms with Gasteiger partial charge in [-0.15, -0.1) is 0 Å². The molecule has 0 spiro atoms. The third kappa shape index (κ3) is 7.21. The molecule has 0 bridgehead atoms. The van der Waals surface area contributed by atoms with Gasteiger partial charge in [-0.3, -0.25) is 9.69 Å². The lowest BCUT2D eigenvalue weighted by Crippen LogP contribution is -2.40. The predicted octanol–water partition coefficient (Wildman–Crippen LogP) is 1.75. The molecule has 1 saturated heterocycles. The van der Waals surface area contributed by atoms with E-state index in [0.29, 0.717) is 25.2 Å². The van der Waals surface area contributed by atoms with Gasteiger partial charge in [-0.2, -0.15) is 0 Å². The molecule has 2 aromatic carbocycles. The lowest BCUT2D eigenvalue weighted by atomic mass is 10.1. The summed E-state index contributed by atoms with van der Waals surface area (Å²) in [4.78, 5) is 26.2. The lowest BCUT2D eigenvalue weighted by molar-refractivity contribution is 0.0342. The van der Waals surface area contributed by atoms with Crippen molar-refractivity contribution >= 4 is 11.9 Å². The average Bonchev–Trinajstić information content (AvgIpc) is 2.77. The number of amides is 3. The Morgan fingerprint density at radius 2 is 1.48 bits per heavy atom. The average molecular weight is 396 g/mol. The Morgan fingerprint density at radius 1 is 0.828 bits per heavy atom. The van der Waals surface area contributed by atoms with Crippen LogP contribution in [0.1, 0.15) is 21.5 Å². The second-order valence-corrected chi connectivity index (χ2v) is 6.94. The molecule has 29 heavy (non-hydrogen) atoms. The van der Waals surface area contributed by atoms with E-state index in [1.807, 2.05) is 30.3 Å². The molecule has 0 aliphatic carbocycles. The minimum Gasteiger partial charge on any atom is -0.379 e. The molecule has 0 unspecified atom stereocenters. The molecular weight excluding hydrogens is 368 g/mol. The summed E-state index contributed by atoms with van der Waals surface area (Å²) in [5, 5.41) is 8.35. The second-order valence-electron chi connectivity index (χ2n) is 6.94. The lowest BCUT2D eigenvalue weighted by Gasteiger charge is -2.26. The van der Waals surface area contributed by atoms with Gasteiger partial charge in [-0.05, 0) is 23.3 Å². The van der Waals surface area contributed by atoms with Crippen molar-refractivity contribution in [3.63, 3.8) is 0 Å². The molecule has 1 aliphatic rings. The first-order chi connectivity index (χ1) is 14.2. The zero-order chi connectivity index (χ0) is 20.3. The van der Waals surface area contributed by atoms with Gasteiger partial charge < -0.3 is 20.7 Å². The number of nitrogens with zero attached hydrogens (tertiary/aromatic N) is 1. The van der Waals surface area contributed by atoms with Gasteiger partial charge in [0, 0.05) is 44.8 Å². The SMILES string of the molecule is O=C(NCCNC(=O)c1ccccc1)NCc1ccc(CN2CCOCC2)cc1. The van der Waals surface area contributed by atoms with Gasteiger partial charge >= 0.3 is 6.03 Å². The maximum absolute atomic E-state index is 11.9. The van der Waals surface area contributed by atoms with Crippen molar-refractivity contribution in [2.45, 2.75) is 13.1 Å². The highest BCUT2D eigenvalue weighted by Crippen LogP contribution is 2.09.